The number of nitrogens with zero attached hydrogens (tertiary/aromatic N) is 2. The lowest BCUT2D eigenvalue weighted by molar-refractivity contribution is -0.140. The summed E-state index contributed by atoms with van der Waals surface area (Å²) in [6, 6.07) is 18.2. The molecule has 0 atom stereocenters. The SMILES string of the molecule is Cc1ccccc1C(=O)Nc1ccc(C(=O)NC2CCC(N(C)c3cc(C(F)(F)F)nc4ccc(Cl)cc34)CC2)c(C)c1. The minimum absolute atomic E-state index is 0.0169. The van der Waals surface area contributed by atoms with Gasteiger partial charge in [0.2, 0.25) is 0 Å². The fraction of sp³-hybridized carbons (Fsp3) is 0.303. The molecule has 0 bridgehead atoms. The quantitative estimate of drug-likeness (QED) is 0.233. The molecule has 1 heterocycles. The smallest absolute Gasteiger partial charge is 0.371 e. The number of benzene rings is 3. The average Bonchev–Trinajstić information content (AvgIpc) is 2.96. The molecule has 0 spiro atoms. The van der Waals surface area contributed by atoms with Crippen LogP contribution in [0.25, 0.3) is 10.9 Å². The van der Waals surface area contributed by atoms with Crippen LogP contribution in [0, 0.1) is 13.8 Å². The van der Waals surface area contributed by atoms with Gasteiger partial charge in [-0.05, 0) is 99.2 Å². The molecule has 4 aromatic rings. The van der Waals surface area contributed by atoms with Crippen LogP contribution in [0.1, 0.15) is 63.2 Å². The highest BCUT2D eigenvalue weighted by Crippen LogP contribution is 2.37. The molecule has 43 heavy (non-hydrogen) atoms. The van der Waals surface area contributed by atoms with Crippen molar-refractivity contribution >= 4 is 45.7 Å². The fourth-order valence-electron chi connectivity index (χ4n) is 5.71. The number of aryl methyl sites for hydroxylation is 2. The van der Waals surface area contributed by atoms with Crippen molar-refractivity contribution in [1.82, 2.24) is 10.3 Å². The number of aromatic nitrogens is 1. The highest BCUT2D eigenvalue weighted by molar-refractivity contribution is 6.31. The molecule has 5 rings (SSSR count). The summed E-state index contributed by atoms with van der Waals surface area (Å²) in [6.45, 7) is 3.70. The van der Waals surface area contributed by atoms with E-state index in [4.69, 9.17) is 11.6 Å². The summed E-state index contributed by atoms with van der Waals surface area (Å²) >= 11 is 6.17. The Bertz CT molecular complexity index is 1680. The second-order valence-electron chi connectivity index (χ2n) is 11.1. The zero-order valence-electron chi connectivity index (χ0n) is 24.1. The van der Waals surface area contributed by atoms with Crippen LogP contribution in [-0.4, -0.2) is 35.9 Å². The molecule has 3 aromatic carbocycles. The average molecular weight is 609 g/mol. The number of carbonyl (C=O) groups excluding carboxylic acids is 2. The number of hydrogen-bond acceptors (Lipinski definition) is 4. The lowest BCUT2D eigenvalue weighted by Gasteiger charge is -2.37. The number of anilines is 2. The molecule has 224 valence electrons. The molecule has 0 radical (unpaired) electrons. The van der Waals surface area contributed by atoms with Crippen LogP contribution in [-0.2, 0) is 6.18 Å². The summed E-state index contributed by atoms with van der Waals surface area (Å²) < 4.78 is 40.9. The lowest BCUT2D eigenvalue weighted by Crippen LogP contribution is -2.43. The molecule has 1 fully saturated rings. The second kappa shape index (κ2) is 12.2. The van der Waals surface area contributed by atoms with Crippen molar-refractivity contribution in [3.63, 3.8) is 0 Å². The zero-order valence-corrected chi connectivity index (χ0v) is 24.8. The van der Waals surface area contributed by atoms with E-state index in [1.165, 1.54) is 12.1 Å². The molecular weight excluding hydrogens is 577 g/mol. The first-order chi connectivity index (χ1) is 20.4. The summed E-state index contributed by atoms with van der Waals surface area (Å²) in [5.41, 5.74) is 3.04. The van der Waals surface area contributed by atoms with E-state index < -0.39 is 11.9 Å². The van der Waals surface area contributed by atoms with E-state index in [9.17, 15) is 22.8 Å². The fourth-order valence-corrected chi connectivity index (χ4v) is 5.88. The van der Waals surface area contributed by atoms with Crippen molar-refractivity contribution in [2.45, 2.75) is 57.8 Å². The van der Waals surface area contributed by atoms with Crippen molar-refractivity contribution in [1.29, 1.82) is 0 Å². The maximum absolute atomic E-state index is 13.6. The Morgan fingerprint density at radius 1 is 0.884 bits per heavy atom. The molecule has 0 unspecified atom stereocenters. The number of nitrogens with one attached hydrogen (secondary N) is 2. The van der Waals surface area contributed by atoms with Gasteiger partial charge in [-0.2, -0.15) is 13.2 Å². The van der Waals surface area contributed by atoms with Crippen LogP contribution in [0.15, 0.2) is 66.7 Å². The van der Waals surface area contributed by atoms with E-state index in [-0.39, 0.29) is 29.4 Å². The first-order valence-electron chi connectivity index (χ1n) is 14.1. The summed E-state index contributed by atoms with van der Waals surface area (Å²) in [7, 11) is 1.79. The summed E-state index contributed by atoms with van der Waals surface area (Å²) in [4.78, 5) is 31.5. The predicted molar refractivity (Wildman–Crippen MR) is 164 cm³/mol. The Hall–Kier alpha value is -4.11. The van der Waals surface area contributed by atoms with Gasteiger partial charge < -0.3 is 15.5 Å². The van der Waals surface area contributed by atoms with Crippen molar-refractivity contribution < 1.29 is 22.8 Å². The van der Waals surface area contributed by atoms with Gasteiger partial charge in [-0.3, -0.25) is 9.59 Å². The van der Waals surface area contributed by atoms with Gasteiger partial charge in [0.1, 0.15) is 5.69 Å². The third kappa shape index (κ3) is 6.77. The normalized spacial score (nSPS) is 17.0. The number of hydrogen-bond donors (Lipinski definition) is 2. The third-order valence-corrected chi connectivity index (χ3v) is 8.35. The van der Waals surface area contributed by atoms with Gasteiger partial charge in [-0.1, -0.05) is 29.8 Å². The van der Waals surface area contributed by atoms with Gasteiger partial charge in [-0.15, -0.1) is 0 Å². The minimum atomic E-state index is -4.58. The number of rotatable bonds is 6. The molecule has 1 aliphatic rings. The molecule has 2 N–H and O–H groups in total. The Kier molecular flexibility index (Phi) is 8.64. The van der Waals surface area contributed by atoms with Gasteiger partial charge in [0.05, 0.1) is 5.52 Å². The molecule has 2 amide bonds. The van der Waals surface area contributed by atoms with E-state index in [0.29, 0.717) is 58.6 Å². The monoisotopic (exact) mass is 608 g/mol. The summed E-state index contributed by atoms with van der Waals surface area (Å²) in [6.07, 6.45) is -1.83. The number of amides is 2. The van der Waals surface area contributed by atoms with Crippen LogP contribution < -0.4 is 15.5 Å². The highest BCUT2D eigenvalue weighted by atomic mass is 35.5. The van der Waals surface area contributed by atoms with Crippen LogP contribution >= 0.6 is 11.6 Å². The number of halogens is 4. The minimum Gasteiger partial charge on any atom is -0.371 e. The molecule has 0 aliphatic heterocycles. The summed E-state index contributed by atoms with van der Waals surface area (Å²) in [5.74, 6) is -0.412. The van der Waals surface area contributed by atoms with Gasteiger partial charge >= 0.3 is 6.18 Å². The standard InChI is InChI=1S/C33H32ClF3N4O2/c1-19-6-4-5-7-25(19)31(42)39-23-11-14-26(20(2)16-23)32(43)38-22-9-12-24(13-10-22)41(3)29-18-30(33(35,36)37)40-28-15-8-21(34)17-27(28)29/h4-8,11,14-18,22,24H,9-10,12-13H2,1-3H3,(H,38,43)(H,39,42). The van der Waals surface area contributed by atoms with Crippen molar-refractivity contribution in [3.8, 4) is 0 Å². The highest BCUT2D eigenvalue weighted by Gasteiger charge is 2.35. The van der Waals surface area contributed by atoms with Crippen LogP contribution in [0.5, 0.6) is 0 Å². The number of alkyl halides is 3. The lowest BCUT2D eigenvalue weighted by atomic mass is 9.89. The molecule has 1 aliphatic carbocycles. The Morgan fingerprint density at radius 3 is 2.26 bits per heavy atom. The number of pyridine rings is 1. The van der Waals surface area contributed by atoms with E-state index in [1.807, 2.05) is 36.9 Å². The molecular formula is C33H32ClF3N4O2. The van der Waals surface area contributed by atoms with Crippen molar-refractivity contribution in [2.24, 2.45) is 0 Å². The Morgan fingerprint density at radius 2 is 1.58 bits per heavy atom. The molecule has 1 aromatic heterocycles. The van der Waals surface area contributed by atoms with E-state index >= 15 is 0 Å². The van der Waals surface area contributed by atoms with Crippen molar-refractivity contribution in [3.05, 3.63) is 99.7 Å². The van der Waals surface area contributed by atoms with E-state index in [2.05, 4.69) is 15.6 Å². The maximum Gasteiger partial charge on any atom is 0.433 e. The van der Waals surface area contributed by atoms with Crippen molar-refractivity contribution in [2.75, 3.05) is 17.3 Å². The van der Waals surface area contributed by atoms with E-state index in [0.717, 1.165) is 17.2 Å². The first kappa shape index (κ1) is 30.4. The Balaban J connectivity index is 1.22. The zero-order chi connectivity index (χ0) is 30.9. The van der Waals surface area contributed by atoms with Gasteiger partial charge in [0, 0.05) is 52.0 Å². The molecule has 6 nitrogen and oxygen atoms in total. The predicted octanol–water partition coefficient (Wildman–Crippen LogP) is 7.95. The second-order valence-corrected chi connectivity index (χ2v) is 11.5. The first-order valence-corrected chi connectivity index (χ1v) is 14.5. The molecule has 1 saturated carbocycles. The van der Waals surface area contributed by atoms with Crippen LogP contribution in [0.2, 0.25) is 5.02 Å². The number of carbonyl (C=O) groups is 2. The number of fused-ring (bicyclic) bond motifs is 1. The van der Waals surface area contributed by atoms with E-state index in [1.54, 1.807) is 37.4 Å². The molecule has 0 saturated heterocycles. The van der Waals surface area contributed by atoms with Gasteiger partial charge in [0.25, 0.3) is 11.8 Å². The van der Waals surface area contributed by atoms with Crippen LogP contribution in [0.4, 0.5) is 24.5 Å². The van der Waals surface area contributed by atoms with Gasteiger partial charge in [-0.25, -0.2) is 4.98 Å². The largest absolute Gasteiger partial charge is 0.433 e. The molecule has 10 heteroatoms. The van der Waals surface area contributed by atoms with Gasteiger partial charge in [0.15, 0.2) is 0 Å². The summed E-state index contributed by atoms with van der Waals surface area (Å²) in [5, 5.41) is 6.99. The van der Waals surface area contributed by atoms with Crippen LogP contribution in [0.3, 0.4) is 0 Å². The maximum atomic E-state index is 13.6. The topological polar surface area (TPSA) is 74.3 Å². The Labute approximate surface area is 253 Å². The third-order valence-electron chi connectivity index (χ3n) is 8.12.